The van der Waals surface area contributed by atoms with Crippen LogP contribution in [0, 0.1) is 0 Å². The second-order valence-electron chi connectivity index (χ2n) is 8.34. The molecule has 2 saturated heterocycles. The lowest BCUT2D eigenvalue weighted by molar-refractivity contribution is -0.134. The minimum atomic E-state index is -0.580. The van der Waals surface area contributed by atoms with Gasteiger partial charge in [-0.2, -0.15) is 0 Å². The van der Waals surface area contributed by atoms with Crippen molar-refractivity contribution in [1.29, 1.82) is 0 Å². The van der Waals surface area contributed by atoms with E-state index in [0.29, 0.717) is 46.9 Å². The molecule has 32 heavy (non-hydrogen) atoms. The Morgan fingerprint density at radius 2 is 1.97 bits per heavy atom. The molecule has 1 N–H and O–H groups in total. The molecule has 0 bridgehead atoms. The Balaban J connectivity index is 1.23. The molecule has 0 saturated carbocycles. The Morgan fingerprint density at radius 1 is 1.16 bits per heavy atom. The van der Waals surface area contributed by atoms with Crippen LogP contribution < -0.4 is 4.74 Å². The van der Waals surface area contributed by atoms with Gasteiger partial charge in [-0.05, 0) is 73.3 Å². The zero-order valence-corrected chi connectivity index (χ0v) is 19.3. The van der Waals surface area contributed by atoms with Crippen molar-refractivity contribution in [3.63, 3.8) is 0 Å². The van der Waals surface area contributed by atoms with Gasteiger partial charge >= 0.3 is 5.97 Å². The summed E-state index contributed by atoms with van der Waals surface area (Å²) >= 11 is 12.2. The lowest BCUT2D eigenvalue weighted by Gasteiger charge is -2.33. The lowest BCUT2D eigenvalue weighted by atomic mass is 9.89. The molecule has 0 amide bonds. The minimum Gasteiger partial charge on any atom is -0.491 e. The average Bonchev–Trinajstić information content (AvgIpc) is 3.19. The van der Waals surface area contributed by atoms with E-state index in [1.165, 1.54) is 5.56 Å². The summed E-state index contributed by atoms with van der Waals surface area (Å²) in [6.07, 6.45) is 3.92. The number of carbonyl (C=O) groups excluding carboxylic acids is 1. The predicted octanol–water partition coefficient (Wildman–Crippen LogP) is 4.94. The fourth-order valence-electron chi connectivity index (χ4n) is 4.23. The highest BCUT2D eigenvalue weighted by molar-refractivity contribution is 6.42. The Hall–Kier alpha value is -2.05. The van der Waals surface area contributed by atoms with Gasteiger partial charge in [0.25, 0.3) is 0 Å². The summed E-state index contributed by atoms with van der Waals surface area (Å²) in [6.45, 7) is 3.07. The topological polar surface area (TPSA) is 59.0 Å². The summed E-state index contributed by atoms with van der Waals surface area (Å²) in [4.78, 5) is 13.9. The second kappa shape index (κ2) is 10.7. The summed E-state index contributed by atoms with van der Waals surface area (Å²) in [5.41, 5.74) is 2.78. The number of β-amino-alcohol motifs (C(OH)–C–C–N with tert-alkyl or cyclic N) is 1. The third-order valence-electron chi connectivity index (χ3n) is 5.98. The molecular weight excluding hydrogens is 449 g/mol. The molecule has 7 heteroatoms. The summed E-state index contributed by atoms with van der Waals surface area (Å²) in [6, 6.07) is 13.4. The van der Waals surface area contributed by atoms with E-state index in [4.69, 9.17) is 32.7 Å². The number of aliphatic hydroxyl groups excluding tert-OH is 1. The number of hydrogen-bond donors (Lipinski definition) is 1. The molecule has 170 valence electrons. The SMILES string of the molecule is O=C1OCC/C1=C\c1cccc(OCC(O)CN2CCC(c3ccc(Cl)c(Cl)c3)CC2)c1. The Morgan fingerprint density at radius 3 is 2.69 bits per heavy atom. The largest absolute Gasteiger partial charge is 0.491 e. The number of piperidine rings is 1. The fourth-order valence-corrected chi connectivity index (χ4v) is 4.54. The minimum absolute atomic E-state index is 0.217. The van der Waals surface area contributed by atoms with E-state index in [0.717, 1.165) is 31.5 Å². The highest BCUT2D eigenvalue weighted by atomic mass is 35.5. The third-order valence-corrected chi connectivity index (χ3v) is 6.72. The van der Waals surface area contributed by atoms with E-state index in [-0.39, 0.29) is 12.6 Å². The van der Waals surface area contributed by atoms with Crippen LogP contribution in [-0.2, 0) is 9.53 Å². The Bertz CT molecular complexity index is 986. The molecule has 0 spiro atoms. The van der Waals surface area contributed by atoms with E-state index in [1.807, 2.05) is 42.5 Å². The predicted molar refractivity (Wildman–Crippen MR) is 126 cm³/mol. The Kier molecular flexibility index (Phi) is 7.74. The zero-order chi connectivity index (χ0) is 22.5. The number of carbonyl (C=O) groups is 1. The summed E-state index contributed by atoms with van der Waals surface area (Å²) in [5.74, 6) is 0.876. The molecule has 1 atom stereocenters. The number of likely N-dealkylation sites (tertiary alicyclic amines) is 1. The molecule has 5 nitrogen and oxygen atoms in total. The molecule has 2 aromatic rings. The van der Waals surface area contributed by atoms with Crippen molar-refractivity contribution < 1.29 is 19.4 Å². The number of rotatable bonds is 7. The summed E-state index contributed by atoms with van der Waals surface area (Å²) in [5, 5.41) is 11.7. The van der Waals surface area contributed by atoms with Crippen LogP contribution in [0.5, 0.6) is 5.75 Å². The van der Waals surface area contributed by atoms with Crippen molar-refractivity contribution in [3.8, 4) is 5.75 Å². The van der Waals surface area contributed by atoms with Gasteiger partial charge in [-0.15, -0.1) is 0 Å². The summed E-state index contributed by atoms with van der Waals surface area (Å²) in [7, 11) is 0. The maximum atomic E-state index is 11.6. The first kappa shape index (κ1) is 23.1. The van der Waals surface area contributed by atoms with E-state index in [1.54, 1.807) is 0 Å². The van der Waals surface area contributed by atoms with Crippen LogP contribution in [-0.4, -0.2) is 54.9 Å². The molecular formula is C25H27Cl2NO4. The number of nitrogens with zero attached hydrogens (tertiary/aromatic N) is 1. The highest BCUT2D eigenvalue weighted by Crippen LogP contribution is 2.32. The molecule has 0 radical (unpaired) electrons. The van der Waals surface area contributed by atoms with Crippen molar-refractivity contribution in [2.75, 3.05) is 32.8 Å². The first-order valence-electron chi connectivity index (χ1n) is 10.9. The van der Waals surface area contributed by atoms with Crippen molar-refractivity contribution >= 4 is 35.2 Å². The van der Waals surface area contributed by atoms with Gasteiger partial charge in [0.15, 0.2) is 0 Å². The molecule has 2 aromatic carbocycles. The van der Waals surface area contributed by atoms with Gasteiger partial charge in [-0.25, -0.2) is 4.79 Å². The number of hydrogen-bond acceptors (Lipinski definition) is 5. The lowest BCUT2D eigenvalue weighted by Crippen LogP contribution is -2.40. The molecule has 0 aromatic heterocycles. The number of esters is 1. The molecule has 2 aliphatic heterocycles. The fraction of sp³-hybridized carbons (Fsp3) is 0.400. The monoisotopic (exact) mass is 475 g/mol. The van der Waals surface area contributed by atoms with Crippen molar-refractivity contribution in [1.82, 2.24) is 4.90 Å². The standard InChI is InChI=1S/C25H27Cl2NO4/c26-23-5-4-19(14-24(23)27)18-6-9-28(10-7-18)15-21(29)16-32-22-3-1-2-17(13-22)12-20-8-11-31-25(20)30/h1-5,12-14,18,21,29H,6-11,15-16H2/b20-12+. The average molecular weight is 476 g/mol. The van der Waals surface area contributed by atoms with E-state index >= 15 is 0 Å². The van der Waals surface area contributed by atoms with Gasteiger partial charge in [0.05, 0.1) is 16.7 Å². The normalized spacial score (nSPS) is 19.8. The van der Waals surface area contributed by atoms with E-state index < -0.39 is 6.10 Å². The van der Waals surface area contributed by atoms with Crippen LogP contribution >= 0.6 is 23.2 Å². The number of halogens is 2. The molecule has 4 rings (SSSR count). The van der Waals surface area contributed by atoms with Crippen LogP contribution in [0.15, 0.2) is 48.0 Å². The Labute approximate surface area is 198 Å². The third kappa shape index (κ3) is 6.04. The number of benzene rings is 2. The smallest absolute Gasteiger partial charge is 0.334 e. The van der Waals surface area contributed by atoms with Gasteiger partial charge in [-0.3, -0.25) is 0 Å². The van der Waals surface area contributed by atoms with Gasteiger partial charge in [-0.1, -0.05) is 41.4 Å². The summed E-state index contributed by atoms with van der Waals surface area (Å²) < 4.78 is 10.8. The molecule has 2 heterocycles. The van der Waals surface area contributed by atoms with Crippen LogP contribution in [0.4, 0.5) is 0 Å². The van der Waals surface area contributed by atoms with E-state index in [9.17, 15) is 9.90 Å². The van der Waals surface area contributed by atoms with Crippen LogP contribution in [0.25, 0.3) is 6.08 Å². The maximum Gasteiger partial charge on any atom is 0.334 e. The number of ether oxygens (including phenoxy) is 2. The number of aliphatic hydroxyl groups is 1. The first-order chi connectivity index (χ1) is 15.5. The second-order valence-corrected chi connectivity index (χ2v) is 9.16. The van der Waals surface area contributed by atoms with Crippen molar-refractivity contribution in [2.24, 2.45) is 0 Å². The van der Waals surface area contributed by atoms with Crippen LogP contribution in [0.3, 0.4) is 0 Å². The maximum absolute atomic E-state index is 11.6. The van der Waals surface area contributed by atoms with Gasteiger partial charge in [0.2, 0.25) is 0 Å². The van der Waals surface area contributed by atoms with Gasteiger partial charge < -0.3 is 19.5 Å². The van der Waals surface area contributed by atoms with Crippen molar-refractivity contribution in [3.05, 3.63) is 69.2 Å². The van der Waals surface area contributed by atoms with Crippen LogP contribution in [0.2, 0.25) is 10.0 Å². The van der Waals surface area contributed by atoms with Crippen molar-refractivity contribution in [2.45, 2.75) is 31.3 Å². The van der Waals surface area contributed by atoms with Gasteiger partial charge in [0.1, 0.15) is 18.5 Å². The molecule has 2 fully saturated rings. The van der Waals surface area contributed by atoms with Gasteiger partial charge in [0, 0.05) is 18.5 Å². The number of cyclic esters (lactones) is 1. The zero-order valence-electron chi connectivity index (χ0n) is 17.8. The van der Waals surface area contributed by atoms with Crippen LogP contribution in [0.1, 0.15) is 36.3 Å². The highest BCUT2D eigenvalue weighted by Gasteiger charge is 2.23. The molecule has 1 unspecified atom stereocenters. The quantitative estimate of drug-likeness (QED) is 0.453. The molecule has 2 aliphatic rings. The molecule has 0 aliphatic carbocycles. The van der Waals surface area contributed by atoms with E-state index in [2.05, 4.69) is 11.0 Å². The first-order valence-corrected chi connectivity index (χ1v) is 11.7.